The molecule has 0 fully saturated rings. The number of rotatable bonds is 29. The van der Waals surface area contributed by atoms with Gasteiger partial charge in [0.2, 0.25) is 0 Å². The minimum atomic E-state index is -0.00490. The van der Waals surface area contributed by atoms with Gasteiger partial charge < -0.3 is 9.85 Å². The summed E-state index contributed by atoms with van der Waals surface area (Å²) in [6.45, 7) is 8.61. The highest BCUT2D eigenvalue weighted by Crippen LogP contribution is 2.16. The zero-order valence-electron chi connectivity index (χ0n) is 25.2. The molecule has 212 valence electrons. The number of quaternary nitrogens is 1. The summed E-state index contributed by atoms with van der Waals surface area (Å²) in [6, 6.07) is 0. The molecule has 0 aliphatic carbocycles. The first-order valence-electron chi connectivity index (χ1n) is 16.5. The van der Waals surface area contributed by atoms with E-state index in [2.05, 4.69) is 20.8 Å². The third kappa shape index (κ3) is 30.0. The highest BCUT2D eigenvalue weighted by Gasteiger charge is 2.09. The van der Waals surface area contributed by atoms with Crippen molar-refractivity contribution in [2.75, 3.05) is 20.1 Å². The SMILES string of the molecule is CCCCCCCCCCCCCCCC[N+](C)([O-])CCCCCCCCCCCCCC(C)C. The van der Waals surface area contributed by atoms with Gasteiger partial charge in [0, 0.05) is 0 Å². The van der Waals surface area contributed by atoms with Crippen LogP contribution in [-0.2, 0) is 0 Å². The molecular formula is C33H69NO. The Morgan fingerprint density at radius 1 is 0.429 bits per heavy atom. The van der Waals surface area contributed by atoms with E-state index in [4.69, 9.17) is 0 Å². The Balaban J connectivity index is 3.29. The summed E-state index contributed by atoms with van der Waals surface area (Å²) < 4.78 is -0.00490. The molecule has 2 nitrogen and oxygen atoms in total. The van der Waals surface area contributed by atoms with Crippen LogP contribution in [0.4, 0.5) is 0 Å². The zero-order chi connectivity index (χ0) is 25.9. The van der Waals surface area contributed by atoms with Crippen LogP contribution in [0.3, 0.4) is 0 Å². The van der Waals surface area contributed by atoms with Crippen molar-refractivity contribution in [3.63, 3.8) is 0 Å². The van der Waals surface area contributed by atoms with E-state index in [1.54, 1.807) is 0 Å². The molecule has 0 N–H and O–H groups in total. The second-order valence-electron chi connectivity index (χ2n) is 12.4. The molecule has 0 rings (SSSR count). The molecule has 0 saturated heterocycles. The van der Waals surface area contributed by atoms with E-state index in [0.29, 0.717) is 0 Å². The summed E-state index contributed by atoms with van der Waals surface area (Å²) in [6.07, 6.45) is 35.8. The second-order valence-corrected chi connectivity index (χ2v) is 12.4. The van der Waals surface area contributed by atoms with Crippen LogP contribution in [-0.4, -0.2) is 24.8 Å². The summed E-state index contributed by atoms with van der Waals surface area (Å²) in [4.78, 5) is 0. The summed E-state index contributed by atoms with van der Waals surface area (Å²) >= 11 is 0. The summed E-state index contributed by atoms with van der Waals surface area (Å²) in [7, 11) is 1.91. The van der Waals surface area contributed by atoms with E-state index in [1.165, 1.54) is 154 Å². The molecule has 2 heteroatoms. The minimum Gasteiger partial charge on any atom is -0.633 e. The Labute approximate surface area is 223 Å². The Morgan fingerprint density at radius 2 is 0.686 bits per heavy atom. The van der Waals surface area contributed by atoms with E-state index >= 15 is 0 Å². The van der Waals surface area contributed by atoms with Crippen LogP contribution in [0, 0.1) is 11.1 Å². The van der Waals surface area contributed by atoms with Crippen molar-refractivity contribution < 1.29 is 4.65 Å². The lowest BCUT2D eigenvalue weighted by atomic mass is 10.0. The molecule has 0 aromatic rings. The monoisotopic (exact) mass is 496 g/mol. The lowest BCUT2D eigenvalue weighted by molar-refractivity contribution is -0.861. The topological polar surface area (TPSA) is 23.1 Å². The smallest absolute Gasteiger partial charge is 0.0781 e. The van der Waals surface area contributed by atoms with Gasteiger partial charge in [-0.3, -0.25) is 0 Å². The summed E-state index contributed by atoms with van der Waals surface area (Å²) in [5.74, 6) is 0.873. The molecule has 0 amide bonds. The third-order valence-corrected chi connectivity index (χ3v) is 7.90. The van der Waals surface area contributed by atoms with Crippen molar-refractivity contribution >= 4 is 0 Å². The highest BCUT2D eigenvalue weighted by molar-refractivity contribution is 4.52. The third-order valence-electron chi connectivity index (χ3n) is 7.90. The van der Waals surface area contributed by atoms with Gasteiger partial charge in [-0.05, 0) is 31.6 Å². The van der Waals surface area contributed by atoms with Gasteiger partial charge in [0.15, 0.2) is 0 Å². The highest BCUT2D eigenvalue weighted by atomic mass is 16.5. The molecule has 1 unspecified atom stereocenters. The Hall–Kier alpha value is -0.0800. The summed E-state index contributed by atoms with van der Waals surface area (Å²) in [5, 5.41) is 12.7. The molecule has 1 atom stereocenters. The fourth-order valence-electron chi connectivity index (χ4n) is 5.34. The molecule has 0 heterocycles. The van der Waals surface area contributed by atoms with Crippen LogP contribution in [0.15, 0.2) is 0 Å². The van der Waals surface area contributed by atoms with Crippen molar-refractivity contribution in [1.29, 1.82) is 0 Å². The average molecular weight is 496 g/mol. The first-order valence-corrected chi connectivity index (χ1v) is 16.5. The minimum absolute atomic E-state index is 0.00490. The number of hydrogen-bond donors (Lipinski definition) is 0. The molecule has 0 radical (unpaired) electrons. The van der Waals surface area contributed by atoms with Crippen molar-refractivity contribution in [2.45, 2.75) is 188 Å². The van der Waals surface area contributed by atoms with Crippen LogP contribution in [0.5, 0.6) is 0 Å². The van der Waals surface area contributed by atoms with Crippen LogP contribution < -0.4 is 0 Å². The Morgan fingerprint density at radius 3 is 0.971 bits per heavy atom. The van der Waals surface area contributed by atoms with Crippen LogP contribution in [0.2, 0.25) is 0 Å². The van der Waals surface area contributed by atoms with Gasteiger partial charge in [0.25, 0.3) is 0 Å². The van der Waals surface area contributed by atoms with E-state index in [1.807, 2.05) is 7.05 Å². The van der Waals surface area contributed by atoms with Gasteiger partial charge in [-0.25, -0.2) is 0 Å². The lowest BCUT2D eigenvalue weighted by Crippen LogP contribution is -2.39. The molecular weight excluding hydrogens is 426 g/mol. The second kappa shape index (κ2) is 27.0. The number of hydrogen-bond acceptors (Lipinski definition) is 1. The maximum atomic E-state index is 12.7. The number of unbranched alkanes of at least 4 members (excludes halogenated alkanes) is 23. The number of hydroxylamine groups is 3. The molecule has 0 aliphatic rings. The maximum absolute atomic E-state index is 12.7. The molecule has 0 spiro atoms. The standard InChI is InChI=1S/C33H69NO/c1-5-6-7-8-9-10-11-12-13-16-19-22-25-28-31-34(4,35)32-29-26-23-20-17-14-15-18-21-24-27-30-33(2)3/h33H,5-32H2,1-4H3. The normalized spacial score (nSPS) is 13.5. The predicted octanol–water partition coefficient (Wildman–Crippen LogP) is 11.7. The molecule has 35 heavy (non-hydrogen) atoms. The van der Waals surface area contributed by atoms with E-state index in [0.717, 1.165) is 31.8 Å². The first kappa shape index (κ1) is 34.9. The fraction of sp³-hybridized carbons (Fsp3) is 1.00. The van der Waals surface area contributed by atoms with Gasteiger partial charge in [-0.2, -0.15) is 0 Å². The summed E-state index contributed by atoms with van der Waals surface area (Å²) in [5.41, 5.74) is 0. The van der Waals surface area contributed by atoms with E-state index in [9.17, 15) is 5.21 Å². The van der Waals surface area contributed by atoms with Gasteiger partial charge in [-0.15, -0.1) is 0 Å². The molecule has 0 aliphatic heterocycles. The van der Waals surface area contributed by atoms with Gasteiger partial charge >= 0.3 is 0 Å². The number of nitrogens with zero attached hydrogens (tertiary/aromatic N) is 1. The maximum Gasteiger partial charge on any atom is 0.0781 e. The Kier molecular flexibility index (Phi) is 26.9. The van der Waals surface area contributed by atoms with Crippen molar-refractivity contribution in [1.82, 2.24) is 0 Å². The first-order chi connectivity index (χ1) is 17.0. The van der Waals surface area contributed by atoms with Gasteiger partial charge in [0.05, 0.1) is 20.1 Å². The fourth-order valence-corrected chi connectivity index (χ4v) is 5.34. The van der Waals surface area contributed by atoms with Gasteiger partial charge in [0.1, 0.15) is 0 Å². The Bertz CT molecular complexity index is 393. The van der Waals surface area contributed by atoms with Crippen molar-refractivity contribution in [3.8, 4) is 0 Å². The largest absolute Gasteiger partial charge is 0.633 e. The van der Waals surface area contributed by atoms with Crippen LogP contribution in [0.25, 0.3) is 0 Å². The van der Waals surface area contributed by atoms with Gasteiger partial charge in [-0.1, -0.05) is 162 Å². The molecule has 0 aromatic carbocycles. The quantitative estimate of drug-likeness (QED) is 0.0574. The van der Waals surface area contributed by atoms with Crippen LogP contribution in [0.1, 0.15) is 188 Å². The van der Waals surface area contributed by atoms with Crippen molar-refractivity contribution in [2.24, 2.45) is 5.92 Å². The van der Waals surface area contributed by atoms with Crippen molar-refractivity contribution in [3.05, 3.63) is 5.21 Å². The molecule has 0 saturated carbocycles. The van der Waals surface area contributed by atoms with E-state index in [-0.39, 0.29) is 4.65 Å². The zero-order valence-corrected chi connectivity index (χ0v) is 25.2. The van der Waals surface area contributed by atoms with Crippen LogP contribution >= 0.6 is 0 Å². The molecule has 0 aromatic heterocycles. The predicted molar refractivity (Wildman–Crippen MR) is 160 cm³/mol. The molecule has 0 bridgehead atoms. The lowest BCUT2D eigenvalue weighted by Gasteiger charge is -2.39. The van der Waals surface area contributed by atoms with E-state index < -0.39 is 0 Å². The average Bonchev–Trinajstić information content (AvgIpc) is 2.82.